The average molecular weight is 531 g/mol. The summed E-state index contributed by atoms with van der Waals surface area (Å²) in [4.78, 5) is 30.2. The third kappa shape index (κ3) is 5.78. The van der Waals surface area contributed by atoms with Gasteiger partial charge in [-0.15, -0.1) is 0 Å². The van der Waals surface area contributed by atoms with E-state index in [1.807, 2.05) is 13.8 Å². The smallest absolute Gasteiger partial charge is 0.285 e. The maximum Gasteiger partial charge on any atom is 0.285 e. The van der Waals surface area contributed by atoms with E-state index < -0.39 is 29.2 Å². The van der Waals surface area contributed by atoms with E-state index >= 15 is 0 Å². The molecule has 0 spiro atoms. The lowest BCUT2D eigenvalue weighted by Crippen LogP contribution is -2.19. The van der Waals surface area contributed by atoms with Crippen LogP contribution in [0.3, 0.4) is 0 Å². The van der Waals surface area contributed by atoms with E-state index in [2.05, 4.69) is 19.8 Å². The number of alkyl halides is 1. The van der Waals surface area contributed by atoms with Crippen LogP contribution in [0.4, 0.5) is 10.1 Å². The fourth-order valence-electron chi connectivity index (χ4n) is 2.90. The minimum absolute atomic E-state index is 0.00491. The number of aromatic nitrogens is 3. The van der Waals surface area contributed by atoms with Gasteiger partial charge >= 0.3 is 0 Å². The first-order valence-electron chi connectivity index (χ1n) is 9.78. The van der Waals surface area contributed by atoms with Gasteiger partial charge in [0.1, 0.15) is 12.4 Å². The molecule has 174 valence electrons. The van der Waals surface area contributed by atoms with Crippen molar-refractivity contribution < 1.29 is 14.0 Å². The zero-order chi connectivity index (χ0) is 24.1. The van der Waals surface area contributed by atoms with Crippen molar-refractivity contribution in [1.82, 2.24) is 14.8 Å². The molecule has 1 N–H and O–H groups in total. The van der Waals surface area contributed by atoms with Gasteiger partial charge in [0.05, 0.1) is 27.0 Å². The first-order chi connectivity index (χ1) is 15.8. The predicted molar refractivity (Wildman–Crippen MR) is 131 cm³/mol. The standard InChI is InChI=1S/C21H19Cl3FN5O2S/c1-3-33(4-2)29-20(31)14-8-12(22)9-16(24)18(14)27-21(32)17-10-13(11-25)28-30(17)19-15(23)6-5-7-26-19/h5-10H,3-4,11H2,1-2H3,(H,27,32). The van der Waals surface area contributed by atoms with Gasteiger partial charge < -0.3 is 5.32 Å². The number of hydrogen-bond acceptors (Lipinski definition) is 4. The SMILES string of the molecule is CCS(CC)=NC(=O)c1cc(Cl)cc(Cl)c1NC(=O)c1cc(CF)nn1-c1ncccc1Cl. The first-order valence-corrected chi connectivity index (χ1v) is 12.4. The minimum Gasteiger partial charge on any atom is -0.319 e. The molecule has 2 aromatic heterocycles. The molecule has 7 nitrogen and oxygen atoms in total. The Kier molecular flexibility index (Phi) is 8.58. The molecule has 0 radical (unpaired) electrons. The van der Waals surface area contributed by atoms with Crippen LogP contribution in [-0.2, 0) is 17.4 Å². The summed E-state index contributed by atoms with van der Waals surface area (Å²) in [5.74, 6) is 0.301. The first kappa shape index (κ1) is 25.3. The number of carbonyl (C=O) groups excluding carboxylic acids is 2. The number of nitrogens with one attached hydrogen (secondary N) is 1. The zero-order valence-electron chi connectivity index (χ0n) is 17.6. The topological polar surface area (TPSA) is 89.2 Å². The van der Waals surface area contributed by atoms with Crippen LogP contribution in [0.5, 0.6) is 0 Å². The quantitative estimate of drug-likeness (QED) is 0.410. The summed E-state index contributed by atoms with van der Waals surface area (Å²) in [6.45, 7) is 2.96. The highest BCUT2D eigenvalue weighted by molar-refractivity contribution is 7.87. The Hall–Kier alpha value is -2.33. The maximum atomic E-state index is 13.3. The van der Waals surface area contributed by atoms with Crippen molar-refractivity contribution >= 4 is 63.0 Å². The van der Waals surface area contributed by atoms with E-state index in [9.17, 15) is 14.0 Å². The summed E-state index contributed by atoms with van der Waals surface area (Å²) >= 11 is 18.6. The molecular formula is C21H19Cl3FN5O2S. The van der Waals surface area contributed by atoms with Crippen LogP contribution < -0.4 is 5.32 Å². The Labute approximate surface area is 207 Å². The Morgan fingerprint density at radius 3 is 2.52 bits per heavy atom. The number of benzene rings is 1. The second-order valence-electron chi connectivity index (χ2n) is 6.58. The summed E-state index contributed by atoms with van der Waals surface area (Å²) in [6.07, 6.45) is 1.46. The maximum absolute atomic E-state index is 13.3. The van der Waals surface area contributed by atoms with Gasteiger partial charge in [0.15, 0.2) is 5.82 Å². The Balaban J connectivity index is 2.06. The molecule has 2 heterocycles. The number of pyridine rings is 1. The zero-order valence-corrected chi connectivity index (χ0v) is 20.7. The molecule has 12 heteroatoms. The number of rotatable bonds is 7. The summed E-state index contributed by atoms with van der Waals surface area (Å²) in [5, 5.41) is 7.17. The van der Waals surface area contributed by atoms with Crippen LogP contribution in [0.1, 0.15) is 40.4 Å². The number of hydrogen-bond donors (Lipinski definition) is 1. The van der Waals surface area contributed by atoms with E-state index in [1.54, 1.807) is 12.1 Å². The second-order valence-corrected chi connectivity index (χ2v) is 10.1. The summed E-state index contributed by atoms with van der Waals surface area (Å²) in [7, 11) is -0.470. The Morgan fingerprint density at radius 1 is 1.15 bits per heavy atom. The summed E-state index contributed by atoms with van der Waals surface area (Å²) in [5.41, 5.74) is 0.0434. The van der Waals surface area contributed by atoms with E-state index in [4.69, 9.17) is 34.8 Å². The van der Waals surface area contributed by atoms with Gasteiger partial charge in [-0.3, -0.25) is 9.59 Å². The third-order valence-electron chi connectivity index (χ3n) is 4.47. The molecule has 1 aromatic carbocycles. The van der Waals surface area contributed by atoms with E-state index in [-0.39, 0.29) is 43.5 Å². The average Bonchev–Trinajstić information content (AvgIpc) is 3.23. The lowest BCUT2D eigenvalue weighted by molar-refractivity contribution is 0.101. The van der Waals surface area contributed by atoms with Crippen molar-refractivity contribution in [2.24, 2.45) is 4.36 Å². The molecule has 0 aliphatic carbocycles. The fourth-order valence-corrected chi connectivity index (χ4v) is 4.64. The molecule has 33 heavy (non-hydrogen) atoms. The molecule has 0 fully saturated rings. The Bertz CT molecular complexity index is 1240. The molecule has 3 rings (SSSR count). The van der Waals surface area contributed by atoms with E-state index in [0.29, 0.717) is 11.5 Å². The van der Waals surface area contributed by atoms with Gasteiger partial charge in [-0.2, -0.15) is 9.46 Å². The van der Waals surface area contributed by atoms with Crippen LogP contribution in [0.25, 0.3) is 5.82 Å². The lowest BCUT2D eigenvalue weighted by atomic mass is 10.1. The normalized spacial score (nSPS) is 11.0. The third-order valence-corrected chi connectivity index (χ3v) is 7.04. The molecule has 0 atom stereocenters. The van der Waals surface area contributed by atoms with Crippen LogP contribution >= 0.6 is 34.8 Å². The van der Waals surface area contributed by atoms with Crippen molar-refractivity contribution in [3.8, 4) is 5.82 Å². The van der Waals surface area contributed by atoms with Gasteiger partial charge in [-0.1, -0.05) is 59.3 Å². The fraction of sp³-hybridized carbons (Fsp3) is 0.238. The molecular weight excluding hydrogens is 512 g/mol. The van der Waals surface area contributed by atoms with Gasteiger partial charge in [-0.25, -0.2) is 14.1 Å². The second kappa shape index (κ2) is 11.2. The van der Waals surface area contributed by atoms with E-state index in [0.717, 1.165) is 4.68 Å². The molecule has 2 amide bonds. The monoisotopic (exact) mass is 529 g/mol. The lowest BCUT2D eigenvalue weighted by Gasteiger charge is -2.13. The number of amides is 2. The van der Waals surface area contributed by atoms with Crippen LogP contribution in [0, 0.1) is 0 Å². The van der Waals surface area contributed by atoms with Gasteiger partial charge in [-0.05, 0) is 30.3 Å². The Morgan fingerprint density at radius 2 is 1.88 bits per heavy atom. The number of halogens is 4. The predicted octanol–water partition coefficient (Wildman–Crippen LogP) is 5.93. The minimum atomic E-state index is -0.904. The number of nitrogens with zero attached hydrogens (tertiary/aromatic N) is 4. The molecule has 0 aliphatic heterocycles. The van der Waals surface area contributed by atoms with Crippen molar-refractivity contribution in [2.45, 2.75) is 20.5 Å². The number of anilines is 1. The summed E-state index contributed by atoms with van der Waals surface area (Å²) < 4.78 is 18.7. The highest BCUT2D eigenvalue weighted by atomic mass is 35.5. The highest BCUT2D eigenvalue weighted by Gasteiger charge is 2.23. The highest BCUT2D eigenvalue weighted by Crippen LogP contribution is 2.32. The molecule has 0 saturated heterocycles. The molecule has 0 bridgehead atoms. The molecule has 0 saturated carbocycles. The van der Waals surface area contributed by atoms with Crippen molar-refractivity contribution in [2.75, 3.05) is 16.8 Å². The van der Waals surface area contributed by atoms with Crippen LogP contribution in [0.15, 0.2) is 40.9 Å². The largest absolute Gasteiger partial charge is 0.319 e. The van der Waals surface area contributed by atoms with Gasteiger partial charge in [0, 0.05) is 22.7 Å². The van der Waals surface area contributed by atoms with Crippen molar-refractivity contribution in [3.05, 3.63) is 68.5 Å². The van der Waals surface area contributed by atoms with Gasteiger partial charge in [0.2, 0.25) is 0 Å². The van der Waals surface area contributed by atoms with Gasteiger partial charge in [0.25, 0.3) is 11.8 Å². The van der Waals surface area contributed by atoms with Crippen LogP contribution in [0.2, 0.25) is 15.1 Å². The number of carbonyl (C=O) groups is 2. The molecule has 3 aromatic rings. The van der Waals surface area contributed by atoms with E-state index in [1.165, 1.54) is 24.4 Å². The molecule has 0 aliphatic rings. The van der Waals surface area contributed by atoms with Crippen molar-refractivity contribution in [3.63, 3.8) is 0 Å². The van der Waals surface area contributed by atoms with Crippen LogP contribution in [-0.4, -0.2) is 38.1 Å². The summed E-state index contributed by atoms with van der Waals surface area (Å²) in [6, 6.07) is 7.23. The molecule has 0 unspecified atom stereocenters. The van der Waals surface area contributed by atoms with Crippen molar-refractivity contribution in [1.29, 1.82) is 0 Å².